The molecular weight excluding hydrogens is 422 g/mol. The number of aromatic amines is 1. The number of carbonyl (C=O) groups is 1. The van der Waals surface area contributed by atoms with E-state index >= 15 is 0 Å². The molecule has 0 amide bonds. The van der Waals surface area contributed by atoms with E-state index in [9.17, 15) is 9.59 Å². The van der Waals surface area contributed by atoms with E-state index in [-0.39, 0.29) is 5.56 Å². The van der Waals surface area contributed by atoms with E-state index in [2.05, 4.69) is 15.2 Å². The molecule has 0 saturated carbocycles. The summed E-state index contributed by atoms with van der Waals surface area (Å²) in [4.78, 5) is 28.7. The molecular formula is C25H25N3O5. The highest BCUT2D eigenvalue weighted by atomic mass is 16.5. The summed E-state index contributed by atoms with van der Waals surface area (Å²) in [7, 11) is 0. The van der Waals surface area contributed by atoms with Crippen LogP contribution in [0.3, 0.4) is 0 Å². The zero-order valence-electron chi connectivity index (χ0n) is 18.3. The van der Waals surface area contributed by atoms with Crippen molar-refractivity contribution in [3.8, 4) is 22.8 Å². The van der Waals surface area contributed by atoms with Gasteiger partial charge in [-0.1, -0.05) is 12.1 Å². The number of hydrogen-bond acceptors (Lipinski definition) is 6. The highest BCUT2D eigenvalue weighted by Gasteiger charge is 2.23. The summed E-state index contributed by atoms with van der Waals surface area (Å²) in [5.74, 6) is 0.529. The predicted octanol–water partition coefficient (Wildman–Crippen LogP) is 3.46. The van der Waals surface area contributed by atoms with Gasteiger partial charge in [-0.25, -0.2) is 0 Å². The second-order valence-corrected chi connectivity index (χ2v) is 8.32. The lowest BCUT2D eigenvalue weighted by atomic mass is 9.96. The number of aromatic nitrogens is 1. The molecule has 1 unspecified atom stereocenters. The van der Waals surface area contributed by atoms with Gasteiger partial charge in [0.15, 0.2) is 0 Å². The number of carboxylic acids is 1. The maximum Gasteiger partial charge on any atom is 0.325 e. The quantitative estimate of drug-likeness (QED) is 0.430. The summed E-state index contributed by atoms with van der Waals surface area (Å²) >= 11 is 0. The minimum Gasteiger partial charge on any atom is -0.480 e. The molecule has 0 aliphatic carbocycles. The summed E-state index contributed by atoms with van der Waals surface area (Å²) < 4.78 is 11.7. The summed E-state index contributed by atoms with van der Waals surface area (Å²) in [5.41, 5.74) is 4.94. The molecule has 0 bridgehead atoms. The van der Waals surface area contributed by atoms with Crippen molar-refractivity contribution in [1.29, 1.82) is 0 Å². The lowest BCUT2D eigenvalue weighted by molar-refractivity contribution is -0.137. The molecule has 1 aromatic heterocycles. The topological polar surface area (TPSA) is 104 Å². The van der Waals surface area contributed by atoms with Gasteiger partial charge in [0.25, 0.3) is 0 Å². The minimum absolute atomic E-state index is 0.161. The molecule has 1 saturated heterocycles. The van der Waals surface area contributed by atoms with Crippen LogP contribution in [0.2, 0.25) is 0 Å². The van der Waals surface area contributed by atoms with E-state index in [1.165, 1.54) is 0 Å². The minimum atomic E-state index is -0.910. The van der Waals surface area contributed by atoms with E-state index in [0.29, 0.717) is 25.3 Å². The van der Waals surface area contributed by atoms with Gasteiger partial charge in [0.1, 0.15) is 17.5 Å². The number of morpholine rings is 1. The Morgan fingerprint density at radius 2 is 1.94 bits per heavy atom. The fraction of sp³-hybridized carbons (Fsp3) is 0.280. The highest BCUT2D eigenvalue weighted by molar-refractivity contribution is 5.77. The first-order valence-electron chi connectivity index (χ1n) is 11.0. The van der Waals surface area contributed by atoms with Crippen LogP contribution in [0.4, 0.5) is 11.4 Å². The maximum atomic E-state index is 12.5. The number of aliphatic carboxylic acids is 1. The third kappa shape index (κ3) is 4.29. The number of benzene rings is 2. The van der Waals surface area contributed by atoms with Gasteiger partial charge in [-0.3, -0.25) is 9.59 Å². The van der Waals surface area contributed by atoms with Gasteiger partial charge in [0, 0.05) is 48.1 Å². The molecule has 0 spiro atoms. The second-order valence-electron chi connectivity index (χ2n) is 8.32. The number of pyridine rings is 1. The van der Waals surface area contributed by atoms with Crippen LogP contribution in [0.15, 0.2) is 53.3 Å². The second kappa shape index (κ2) is 8.63. The van der Waals surface area contributed by atoms with E-state index in [1.807, 2.05) is 42.5 Å². The fourth-order valence-corrected chi connectivity index (χ4v) is 4.27. The zero-order valence-corrected chi connectivity index (χ0v) is 18.3. The number of ether oxygens (including phenoxy) is 2. The molecule has 33 heavy (non-hydrogen) atoms. The molecule has 3 heterocycles. The third-order valence-electron chi connectivity index (χ3n) is 6.00. The SMILES string of the molecule is CC(Nc1ccc2c(c1)Cc1cccc(-c3cc(N4CCOCC4)cc(=O)[nH]3)c1O2)C(=O)O. The standard InChI is InChI=1S/C25H25N3O5/c1-15(25(30)31)26-18-5-6-22-17(12-18)11-16-3-2-4-20(24(16)33-22)21-13-19(14-23(29)27-21)28-7-9-32-10-8-28/h2-6,12-15,26H,7-11H2,1H3,(H,27,29)(H,30,31). The molecule has 1 fully saturated rings. The van der Waals surface area contributed by atoms with Gasteiger partial charge in [-0.15, -0.1) is 0 Å². The number of nitrogens with one attached hydrogen (secondary N) is 2. The molecule has 2 aromatic carbocycles. The number of fused-ring (bicyclic) bond motifs is 2. The molecule has 1 atom stereocenters. The normalized spacial score (nSPS) is 15.7. The third-order valence-corrected chi connectivity index (χ3v) is 6.00. The van der Waals surface area contributed by atoms with Crippen molar-refractivity contribution in [1.82, 2.24) is 4.98 Å². The first-order chi connectivity index (χ1) is 16.0. The van der Waals surface area contributed by atoms with Gasteiger partial charge < -0.3 is 29.8 Å². The monoisotopic (exact) mass is 447 g/mol. The Labute approximate surface area is 190 Å². The lowest BCUT2D eigenvalue weighted by Gasteiger charge is -2.29. The summed E-state index contributed by atoms with van der Waals surface area (Å²) in [6.07, 6.45) is 0.642. The van der Waals surface area contributed by atoms with Crippen molar-refractivity contribution in [2.75, 3.05) is 36.5 Å². The summed E-state index contributed by atoms with van der Waals surface area (Å²) in [6, 6.07) is 14.4. The van der Waals surface area contributed by atoms with Crippen molar-refractivity contribution in [3.63, 3.8) is 0 Å². The molecule has 3 N–H and O–H groups in total. The number of carboxylic acid groups (broad SMARTS) is 1. The average Bonchev–Trinajstić information content (AvgIpc) is 2.82. The zero-order chi connectivity index (χ0) is 22.9. The Bertz CT molecular complexity index is 1260. The molecule has 2 aliphatic heterocycles. The van der Waals surface area contributed by atoms with Crippen molar-refractivity contribution in [2.45, 2.75) is 19.4 Å². The molecule has 170 valence electrons. The van der Waals surface area contributed by atoms with E-state index in [0.717, 1.165) is 52.7 Å². The van der Waals surface area contributed by atoms with Crippen LogP contribution >= 0.6 is 0 Å². The van der Waals surface area contributed by atoms with E-state index < -0.39 is 12.0 Å². The Balaban J connectivity index is 1.47. The number of hydrogen-bond donors (Lipinski definition) is 3. The fourth-order valence-electron chi connectivity index (χ4n) is 4.27. The summed E-state index contributed by atoms with van der Waals surface area (Å²) in [6.45, 7) is 4.38. The molecule has 2 aliphatic rings. The van der Waals surface area contributed by atoms with Crippen molar-refractivity contribution < 1.29 is 19.4 Å². The van der Waals surface area contributed by atoms with Gasteiger partial charge in [0.2, 0.25) is 5.56 Å². The highest BCUT2D eigenvalue weighted by Crippen LogP contribution is 2.43. The van der Waals surface area contributed by atoms with Crippen molar-refractivity contribution in [2.24, 2.45) is 0 Å². The predicted molar refractivity (Wildman–Crippen MR) is 126 cm³/mol. The van der Waals surface area contributed by atoms with Gasteiger partial charge in [0.05, 0.1) is 18.9 Å². The molecule has 5 rings (SSSR count). The number of nitrogens with zero attached hydrogens (tertiary/aromatic N) is 1. The Morgan fingerprint density at radius 3 is 2.73 bits per heavy atom. The first kappa shape index (κ1) is 21.1. The van der Waals surface area contributed by atoms with Crippen LogP contribution in [0.1, 0.15) is 18.1 Å². The van der Waals surface area contributed by atoms with Crippen LogP contribution < -0.4 is 20.5 Å². The van der Waals surface area contributed by atoms with Crippen molar-refractivity contribution in [3.05, 3.63) is 70.0 Å². The molecule has 8 heteroatoms. The average molecular weight is 447 g/mol. The van der Waals surface area contributed by atoms with Gasteiger partial charge in [-0.05, 0) is 42.8 Å². The summed E-state index contributed by atoms with van der Waals surface area (Å²) in [5, 5.41) is 12.1. The molecule has 3 aromatic rings. The van der Waals surface area contributed by atoms with Crippen LogP contribution in [-0.2, 0) is 16.0 Å². The Morgan fingerprint density at radius 1 is 1.12 bits per heavy atom. The van der Waals surface area contributed by atoms with Gasteiger partial charge in [-0.2, -0.15) is 0 Å². The molecule has 8 nitrogen and oxygen atoms in total. The van der Waals surface area contributed by atoms with E-state index in [4.69, 9.17) is 14.6 Å². The maximum absolute atomic E-state index is 12.5. The Hall–Kier alpha value is -3.78. The molecule has 0 radical (unpaired) electrons. The number of H-pyrrole nitrogens is 1. The largest absolute Gasteiger partial charge is 0.480 e. The number of rotatable bonds is 5. The number of anilines is 2. The first-order valence-corrected chi connectivity index (χ1v) is 11.0. The smallest absolute Gasteiger partial charge is 0.325 e. The van der Waals surface area contributed by atoms with Crippen molar-refractivity contribution >= 4 is 17.3 Å². The lowest BCUT2D eigenvalue weighted by Crippen LogP contribution is -2.36. The van der Waals surface area contributed by atoms with E-state index in [1.54, 1.807) is 13.0 Å². The number of para-hydroxylation sites is 1. The van der Waals surface area contributed by atoms with Crippen LogP contribution in [0.25, 0.3) is 11.3 Å². The van der Waals surface area contributed by atoms with Gasteiger partial charge >= 0.3 is 5.97 Å². The Kier molecular flexibility index (Phi) is 5.51. The van der Waals surface area contributed by atoms with Crippen LogP contribution in [0, 0.1) is 0 Å². The van der Waals surface area contributed by atoms with Crippen LogP contribution in [0.5, 0.6) is 11.5 Å². The van der Waals surface area contributed by atoms with Crippen LogP contribution in [-0.4, -0.2) is 48.4 Å².